The van der Waals surface area contributed by atoms with Gasteiger partial charge in [0.15, 0.2) is 0 Å². The van der Waals surface area contributed by atoms with Crippen molar-refractivity contribution in [3.63, 3.8) is 0 Å². The topological polar surface area (TPSA) is 21.3 Å². The molecule has 0 aliphatic carbocycles. The van der Waals surface area contributed by atoms with Crippen LogP contribution in [0.5, 0.6) is 5.75 Å². The molecule has 2 nitrogen and oxygen atoms in total. The minimum Gasteiger partial charge on any atom is -0.497 e. The van der Waals surface area contributed by atoms with Crippen molar-refractivity contribution in [3.8, 4) is 5.75 Å². The van der Waals surface area contributed by atoms with Crippen LogP contribution in [0.25, 0.3) is 0 Å². The minimum atomic E-state index is -0.210. The standard InChI is InChI=1S/C18H30FNO/c1-6-7-8-11-18(3,4)13-20-14(2)16-10-9-15(21-5)12-17(16)19/h9-10,12,14,20H,6-8,11,13H2,1-5H3. The zero-order chi connectivity index (χ0) is 15.9. The Balaban J connectivity index is 2.54. The number of methoxy groups -OCH3 is 1. The van der Waals surface area contributed by atoms with Crippen LogP contribution in [0.2, 0.25) is 0 Å². The molecule has 1 atom stereocenters. The highest BCUT2D eigenvalue weighted by Gasteiger charge is 2.19. The fourth-order valence-corrected chi connectivity index (χ4v) is 2.47. The van der Waals surface area contributed by atoms with Crippen molar-refractivity contribution in [2.45, 2.75) is 59.4 Å². The van der Waals surface area contributed by atoms with E-state index in [4.69, 9.17) is 4.74 Å². The highest BCUT2D eigenvalue weighted by molar-refractivity contribution is 5.30. The molecule has 0 radical (unpaired) electrons. The summed E-state index contributed by atoms with van der Waals surface area (Å²) < 4.78 is 19.1. The lowest BCUT2D eigenvalue weighted by Gasteiger charge is -2.27. The van der Waals surface area contributed by atoms with Gasteiger partial charge in [0.2, 0.25) is 0 Å². The van der Waals surface area contributed by atoms with Crippen LogP contribution in [-0.4, -0.2) is 13.7 Å². The van der Waals surface area contributed by atoms with Crippen LogP contribution < -0.4 is 10.1 Å². The van der Waals surface area contributed by atoms with E-state index in [1.54, 1.807) is 13.2 Å². The van der Waals surface area contributed by atoms with E-state index >= 15 is 0 Å². The highest BCUT2D eigenvalue weighted by atomic mass is 19.1. The van der Waals surface area contributed by atoms with E-state index < -0.39 is 0 Å². The number of ether oxygens (including phenoxy) is 1. The summed E-state index contributed by atoms with van der Waals surface area (Å²) in [6.45, 7) is 9.66. The third kappa shape index (κ3) is 6.04. The van der Waals surface area contributed by atoms with Crippen molar-refractivity contribution < 1.29 is 9.13 Å². The summed E-state index contributed by atoms with van der Waals surface area (Å²) in [6.07, 6.45) is 4.99. The fourth-order valence-electron chi connectivity index (χ4n) is 2.47. The molecule has 0 aliphatic heterocycles. The van der Waals surface area contributed by atoms with Crippen molar-refractivity contribution in [3.05, 3.63) is 29.6 Å². The van der Waals surface area contributed by atoms with Crippen molar-refractivity contribution >= 4 is 0 Å². The summed E-state index contributed by atoms with van der Waals surface area (Å²) in [4.78, 5) is 0. The van der Waals surface area contributed by atoms with Crippen LogP contribution in [0.1, 0.15) is 65.0 Å². The number of benzene rings is 1. The summed E-state index contributed by atoms with van der Waals surface area (Å²) in [5.41, 5.74) is 0.937. The molecule has 0 spiro atoms. The molecular weight excluding hydrogens is 265 g/mol. The molecule has 3 heteroatoms. The number of hydrogen-bond acceptors (Lipinski definition) is 2. The molecule has 0 bridgehead atoms. The molecule has 0 amide bonds. The molecule has 1 rings (SSSR count). The van der Waals surface area contributed by atoms with Crippen LogP contribution in [0, 0.1) is 11.2 Å². The van der Waals surface area contributed by atoms with Gasteiger partial charge in [-0.05, 0) is 24.8 Å². The second-order valence-corrected chi connectivity index (χ2v) is 6.61. The number of halogens is 1. The van der Waals surface area contributed by atoms with Gasteiger partial charge < -0.3 is 10.1 Å². The third-order valence-electron chi connectivity index (χ3n) is 4.02. The van der Waals surface area contributed by atoms with Gasteiger partial charge >= 0.3 is 0 Å². The van der Waals surface area contributed by atoms with Crippen molar-refractivity contribution in [1.82, 2.24) is 5.32 Å². The molecular formula is C18H30FNO. The molecule has 0 heterocycles. The average molecular weight is 295 g/mol. The van der Waals surface area contributed by atoms with Crippen molar-refractivity contribution in [2.24, 2.45) is 5.41 Å². The van der Waals surface area contributed by atoms with Crippen LogP contribution in [0.4, 0.5) is 4.39 Å². The van der Waals surface area contributed by atoms with E-state index in [9.17, 15) is 4.39 Å². The van der Waals surface area contributed by atoms with Crippen molar-refractivity contribution in [2.75, 3.05) is 13.7 Å². The van der Waals surface area contributed by atoms with Crippen LogP contribution >= 0.6 is 0 Å². The lowest BCUT2D eigenvalue weighted by molar-refractivity contribution is 0.289. The van der Waals surface area contributed by atoms with Gasteiger partial charge in [-0.2, -0.15) is 0 Å². The Labute approximate surface area is 129 Å². The number of rotatable bonds is 9. The van der Waals surface area contributed by atoms with Crippen LogP contribution in [-0.2, 0) is 0 Å². The summed E-state index contributed by atoms with van der Waals surface area (Å²) in [5.74, 6) is 0.349. The molecule has 0 saturated carbocycles. The van der Waals surface area contributed by atoms with Crippen molar-refractivity contribution in [1.29, 1.82) is 0 Å². The van der Waals surface area contributed by atoms with E-state index in [0.29, 0.717) is 11.3 Å². The van der Waals surface area contributed by atoms with E-state index in [-0.39, 0.29) is 17.3 Å². The Morgan fingerprint density at radius 1 is 1.29 bits per heavy atom. The summed E-state index contributed by atoms with van der Waals surface area (Å²) >= 11 is 0. The first-order chi connectivity index (χ1) is 9.89. The molecule has 120 valence electrons. The first kappa shape index (κ1) is 18.0. The molecule has 1 aromatic rings. The Kier molecular flexibility index (Phi) is 7.16. The maximum absolute atomic E-state index is 14.0. The maximum Gasteiger partial charge on any atom is 0.131 e. The average Bonchev–Trinajstić information content (AvgIpc) is 2.45. The Morgan fingerprint density at radius 3 is 2.57 bits per heavy atom. The fraction of sp³-hybridized carbons (Fsp3) is 0.667. The molecule has 0 fully saturated rings. The molecule has 21 heavy (non-hydrogen) atoms. The number of unbranched alkanes of at least 4 members (excludes halogenated alkanes) is 2. The van der Waals surface area contributed by atoms with Gasteiger partial charge in [0.1, 0.15) is 11.6 Å². The largest absolute Gasteiger partial charge is 0.497 e. The predicted molar refractivity (Wildman–Crippen MR) is 87.3 cm³/mol. The van der Waals surface area contributed by atoms with Crippen LogP contribution in [0.3, 0.4) is 0 Å². The Morgan fingerprint density at radius 2 is 2.00 bits per heavy atom. The second-order valence-electron chi connectivity index (χ2n) is 6.61. The van der Waals surface area contributed by atoms with Gasteiger partial charge in [-0.3, -0.25) is 0 Å². The monoisotopic (exact) mass is 295 g/mol. The van der Waals surface area contributed by atoms with E-state index in [2.05, 4.69) is 26.1 Å². The van der Waals surface area contributed by atoms with Gasteiger partial charge in [0.05, 0.1) is 7.11 Å². The van der Waals surface area contributed by atoms with Crippen LogP contribution in [0.15, 0.2) is 18.2 Å². The zero-order valence-corrected chi connectivity index (χ0v) is 14.1. The summed E-state index contributed by atoms with van der Waals surface area (Å²) in [5, 5.41) is 3.46. The number of nitrogens with one attached hydrogen (secondary N) is 1. The normalized spacial score (nSPS) is 13.2. The smallest absolute Gasteiger partial charge is 0.131 e. The first-order valence-electron chi connectivity index (χ1n) is 7.96. The lowest BCUT2D eigenvalue weighted by atomic mass is 9.86. The van der Waals surface area contributed by atoms with E-state index in [1.807, 2.05) is 13.0 Å². The molecule has 1 unspecified atom stereocenters. The van der Waals surface area contributed by atoms with Gasteiger partial charge in [-0.1, -0.05) is 46.1 Å². The van der Waals surface area contributed by atoms with Gasteiger partial charge in [-0.15, -0.1) is 0 Å². The Bertz CT molecular complexity index is 431. The Hall–Kier alpha value is -1.09. The summed E-state index contributed by atoms with van der Waals surface area (Å²) in [7, 11) is 1.55. The zero-order valence-electron chi connectivity index (χ0n) is 14.1. The van der Waals surface area contributed by atoms with Gasteiger partial charge in [0.25, 0.3) is 0 Å². The third-order valence-corrected chi connectivity index (χ3v) is 4.02. The molecule has 0 saturated heterocycles. The molecule has 1 aromatic carbocycles. The first-order valence-corrected chi connectivity index (χ1v) is 7.96. The minimum absolute atomic E-state index is 0.00126. The number of hydrogen-bond donors (Lipinski definition) is 1. The van der Waals surface area contributed by atoms with E-state index in [0.717, 1.165) is 6.54 Å². The quantitative estimate of drug-likeness (QED) is 0.641. The molecule has 0 aromatic heterocycles. The van der Waals surface area contributed by atoms with E-state index in [1.165, 1.54) is 31.7 Å². The van der Waals surface area contributed by atoms with Gasteiger partial charge in [-0.25, -0.2) is 4.39 Å². The summed E-state index contributed by atoms with van der Waals surface area (Å²) in [6, 6.07) is 5.06. The molecule has 1 N–H and O–H groups in total. The van der Waals surface area contributed by atoms with Gasteiger partial charge in [0, 0.05) is 24.2 Å². The second kappa shape index (κ2) is 8.38. The highest BCUT2D eigenvalue weighted by Crippen LogP contribution is 2.26. The lowest BCUT2D eigenvalue weighted by Crippen LogP contribution is -2.31. The predicted octanol–water partition coefficient (Wildman–Crippen LogP) is 5.09. The SMILES string of the molecule is CCCCCC(C)(C)CNC(C)c1ccc(OC)cc1F. The maximum atomic E-state index is 14.0. The molecule has 0 aliphatic rings.